The Hall–Kier alpha value is -1.08. The van der Waals surface area contributed by atoms with Gasteiger partial charge in [0.15, 0.2) is 0 Å². The van der Waals surface area contributed by atoms with Crippen LogP contribution in [0.25, 0.3) is 0 Å². The predicted octanol–water partition coefficient (Wildman–Crippen LogP) is 6.47. The Morgan fingerprint density at radius 1 is 1.00 bits per heavy atom. The maximum atomic E-state index is 10.1. The van der Waals surface area contributed by atoms with Crippen LogP contribution in [0, 0.1) is 29.1 Å². The molecule has 0 radical (unpaired) electrons. The molecular weight excluding hydrogens is 340 g/mol. The SMILES string of the molecule is CC(C)[C@@H](C)/C=C/[C@@H](C)[C@H]1CC[C@H]2c3ccc4c(c3CC[C@]12C)CC[C@H](O)C4. The molecular formula is C27H40O. The highest BCUT2D eigenvalue weighted by Crippen LogP contribution is 2.61. The second-order valence-corrected chi connectivity index (χ2v) is 10.8. The van der Waals surface area contributed by atoms with E-state index in [2.05, 4.69) is 58.9 Å². The minimum absolute atomic E-state index is 0.129. The van der Waals surface area contributed by atoms with Gasteiger partial charge in [0.25, 0.3) is 0 Å². The van der Waals surface area contributed by atoms with E-state index < -0.39 is 0 Å². The van der Waals surface area contributed by atoms with E-state index in [1.165, 1.54) is 31.2 Å². The number of hydrogen-bond acceptors (Lipinski definition) is 1. The summed E-state index contributed by atoms with van der Waals surface area (Å²) in [6, 6.07) is 4.79. The van der Waals surface area contributed by atoms with Crippen LogP contribution in [0.3, 0.4) is 0 Å². The summed E-state index contributed by atoms with van der Waals surface area (Å²) in [5.41, 5.74) is 6.81. The summed E-state index contributed by atoms with van der Waals surface area (Å²) in [7, 11) is 0. The Bertz CT molecular complexity index is 745. The zero-order valence-corrected chi connectivity index (χ0v) is 18.7. The maximum Gasteiger partial charge on any atom is 0.0583 e. The molecule has 3 aliphatic carbocycles. The molecule has 0 bridgehead atoms. The van der Waals surface area contributed by atoms with Gasteiger partial charge >= 0.3 is 0 Å². The molecule has 6 atom stereocenters. The van der Waals surface area contributed by atoms with Gasteiger partial charge in [0.05, 0.1) is 6.10 Å². The molecule has 1 aromatic carbocycles. The molecule has 0 amide bonds. The highest BCUT2D eigenvalue weighted by atomic mass is 16.3. The van der Waals surface area contributed by atoms with Crippen LogP contribution in [-0.2, 0) is 19.3 Å². The van der Waals surface area contributed by atoms with Crippen LogP contribution in [0.5, 0.6) is 0 Å². The lowest BCUT2D eigenvalue weighted by Crippen LogP contribution is -2.35. The first kappa shape index (κ1) is 20.2. The molecule has 0 heterocycles. The molecule has 1 heteroatoms. The molecule has 154 valence electrons. The van der Waals surface area contributed by atoms with Gasteiger partial charge in [-0.25, -0.2) is 0 Å². The quantitative estimate of drug-likeness (QED) is 0.594. The summed E-state index contributed by atoms with van der Waals surface area (Å²) in [6.45, 7) is 12.1. The third-order valence-corrected chi connectivity index (χ3v) is 8.85. The molecule has 1 fully saturated rings. The van der Waals surface area contributed by atoms with Crippen LogP contribution < -0.4 is 0 Å². The van der Waals surface area contributed by atoms with Gasteiger partial charge < -0.3 is 5.11 Å². The molecule has 4 rings (SSSR count). The van der Waals surface area contributed by atoms with Gasteiger partial charge in [-0.1, -0.05) is 58.9 Å². The Morgan fingerprint density at radius 3 is 2.54 bits per heavy atom. The van der Waals surface area contributed by atoms with E-state index >= 15 is 0 Å². The van der Waals surface area contributed by atoms with Crippen LogP contribution in [0.15, 0.2) is 24.3 Å². The Balaban J connectivity index is 1.58. The van der Waals surface area contributed by atoms with E-state index in [0.717, 1.165) is 37.0 Å². The molecule has 1 N–H and O–H groups in total. The standard InChI is InChI=1S/C27H40O/c1-17(2)18(3)6-7-19(4)25-12-13-26-24-10-8-20-16-21(28)9-11-22(20)23(24)14-15-27(25,26)5/h6-8,10,17-19,21,25-26,28H,9,11-16H2,1-5H3/b7-6+/t18-,19+,21-,25+,26-,27+/m0/s1. The molecule has 0 aliphatic heterocycles. The van der Waals surface area contributed by atoms with Gasteiger partial charge in [-0.2, -0.15) is 0 Å². The lowest BCUT2D eigenvalue weighted by Gasteiger charge is -2.44. The Morgan fingerprint density at radius 2 is 1.79 bits per heavy atom. The molecule has 1 nitrogen and oxygen atoms in total. The number of aliphatic hydroxyl groups is 1. The van der Waals surface area contributed by atoms with Crippen molar-refractivity contribution in [2.45, 2.75) is 91.6 Å². The fraction of sp³-hybridized carbons (Fsp3) is 0.704. The summed E-state index contributed by atoms with van der Waals surface area (Å²) in [5, 5.41) is 10.1. The molecule has 0 saturated heterocycles. The summed E-state index contributed by atoms with van der Waals surface area (Å²) in [6.07, 6.45) is 13.1. The van der Waals surface area contributed by atoms with Crippen molar-refractivity contribution in [1.82, 2.24) is 0 Å². The first-order chi connectivity index (χ1) is 13.3. The van der Waals surface area contributed by atoms with Crippen molar-refractivity contribution in [2.75, 3.05) is 0 Å². The van der Waals surface area contributed by atoms with Crippen molar-refractivity contribution >= 4 is 0 Å². The number of allylic oxidation sites excluding steroid dienone is 2. The zero-order valence-electron chi connectivity index (χ0n) is 18.7. The number of rotatable bonds is 4. The monoisotopic (exact) mass is 380 g/mol. The Kier molecular flexibility index (Phi) is 5.51. The van der Waals surface area contributed by atoms with E-state index in [4.69, 9.17) is 0 Å². The smallest absolute Gasteiger partial charge is 0.0583 e. The third kappa shape index (κ3) is 3.38. The summed E-state index contributed by atoms with van der Waals surface area (Å²) in [4.78, 5) is 0. The van der Waals surface area contributed by atoms with E-state index in [1.807, 2.05) is 0 Å². The average molecular weight is 381 g/mol. The zero-order chi connectivity index (χ0) is 20.1. The normalized spacial score (nSPS) is 34.2. The number of fused-ring (bicyclic) bond motifs is 5. The van der Waals surface area contributed by atoms with Gasteiger partial charge in [-0.05, 0) is 102 Å². The van der Waals surface area contributed by atoms with Gasteiger partial charge in [0.1, 0.15) is 0 Å². The molecule has 3 aliphatic rings. The number of hydrogen-bond donors (Lipinski definition) is 1. The van der Waals surface area contributed by atoms with Crippen molar-refractivity contribution in [1.29, 1.82) is 0 Å². The van der Waals surface area contributed by atoms with E-state index in [9.17, 15) is 5.11 Å². The first-order valence-corrected chi connectivity index (χ1v) is 11.8. The third-order valence-electron chi connectivity index (χ3n) is 8.85. The molecule has 0 spiro atoms. The highest BCUT2D eigenvalue weighted by Gasteiger charge is 2.50. The van der Waals surface area contributed by atoms with Crippen molar-refractivity contribution < 1.29 is 5.11 Å². The second-order valence-electron chi connectivity index (χ2n) is 10.8. The summed E-state index contributed by atoms with van der Waals surface area (Å²) >= 11 is 0. The van der Waals surface area contributed by atoms with Gasteiger partial charge in [0, 0.05) is 0 Å². The molecule has 1 saturated carbocycles. The van der Waals surface area contributed by atoms with Crippen LogP contribution >= 0.6 is 0 Å². The van der Waals surface area contributed by atoms with Crippen LogP contribution in [0.1, 0.15) is 88.5 Å². The fourth-order valence-electron chi connectivity index (χ4n) is 6.65. The fourth-order valence-corrected chi connectivity index (χ4v) is 6.65. The topological polar surface area (TPSA) is 20.2 Å². The van der Waals surface area contributed by atoms with Crippen molar-refractivity contribution in [3.8, 4) is 0 Å². The largest absolute Gasteiger partial charge is 0.393 e. The lowest BCUT2D eigenvalue weighted by atomic mass is 9.60. The molecule has 1 aromatic rings. The minimum Gasteiger partial charge on any atom is -0.393 e. The molecule has 28 heavy (non-hydrogen) atoms. The van der Waals surface area contributed by atoms with Crippen LogP contribution in [0.2, 0.25) is 0 Å². The Labute approximate surface area is 172 Å². The van der Waals surface area contributed by atoms with E-state index in [1.54, 1.807) is 16.7 Å². The van der Waals surface area contributed by atoms with Gasteiger partial charge in [-0.15, -0.1) is 0 Å². The van der Waals surface area contributed by atoms with Gasteiger partial charge in [0.2, 0.25) is 0 Å². The van der Waals surface area contributed by atoms with Crippen LogP contribution in [-0.4, -0.2) is 11.2 Å². The van der Waals surface area contributed by atoms with Gasteiger partial charge in [-0.3, -0.25) is 0 Å². The first-order valence-electron chi connectivity index (χ1n) is 11.8. The summed E-state index contributed by atoms with van der Waals surface area (Å²) in [5.74, 6) is 3.60. The van der Waals surface area contributed by atoms with Crippen molar-refractivity contribution in [3.63, 3.8) is 0 Å². The number of aliphatic hydroxyl groups excluding tert-OH is 1. The van der Waals surface area contributed by atoms with Crippen molar-refractivity contribution in [3.05, 3.63) is 46.5 Å². The van der Waals surface area contributed by atoms with E-state index in [-0.39, 0.29) is 6.10 Å². The molecule has 0 aromatic heterocycles. The average Bonchev–Trinajstić information content (AvgIpc) is 3.02. The molecule has 0 unspecified atom stereocenters. The van der Waals surface area contributed by atoms with Crippen LogP contribution in [0.4, 0.5) is 0 Å². The minimum atomic E-state index is -0.129. The summed E-state index contributed by atoms with van der Waals surface area (Å²) < 4.78 is 0. The number of benzene rings is 1. The van der Waals surface area contributed by atoms with E-state index in [0.29, 0.717) is 17.3 Å². The lowest BCUT2D eigenvalue weighted by molar-refractivity contribution is 0.140. The second kappa shape index (κ2) is 7.63. The predicted molar refractivity (Wildman–Crippen MR) is 119 cm³/mol. The maximum absolute atomic E-state index is 10.1. The highest BCUT2D eigenvalue weighted by molar-refractivity contribution is 5.47. The van der Waals surface area contributed by atoms with Crippen molar-refractivity contribution in [2.24, 2.45) is 29.1 Å².